The number of anilines is 6. The Labute approximate surface area is 365 Å². The lowest BCUT2D eigenvalue weighted by Crippen LogP contribution is -2.46. The molecule has 3 N–H and O–H groups in total. The van der Waals surface area contributed by atoms with Crippen LogP contribution in [-0.2, 0) is 14.2 Å². The number of aromatic nitrogens is 4. The first-order valence-electron chi connectivity index (χ1n) is 21.0. The summed E-state index contributed by atoms with van der Waals surface area (Å²) >= 11 is 3.59. The molecule has 2 aromatic heterocycles. The summed E-state index contributed by atoms with van der Waals surface area (Å²) in [4.78, 5) is 49.7. The van der Waals surface area contributed by atoms with E-state index in [0.29, 0.717) is 68.8 Å². The molecule has 3 aliphatic rings. The van der Waals surface area contributed by atoms with E-state index < -0.39 is 7.14 Å². The molecule has 16 heteroatoms. The van der Waals surface area contributed by atoms with Gasteiger partial charge in [-0.3, -0.25) is 24.9 Å². The Morgan fingerprint density at radius 1 is 0.902 bits per heavy atom. The smallest absolute Gasteiger partial charge is 0.234 e. The zero-order chi connectivity index (χ0) is 42.8. The van der Waals surface area contributed by atoms with Gasteiger partial charge in [0.15, 0.2) is 0 Å². The summed E-state index contributed by atoms with van der Waals surface area (Å²) < 4.78 is 20.1. The predicted octanol–water partition coefficient (Wildman–Crippen LogP) is 7.57. The number of nitrogens with one attached hydrogen (secondary N) is 3. The highest BCUT2D eigenvalue weighted by Crippen LogP contribution is 2.42. The molecule has 2 amide bonds. The van der Waals surface area contributed by atoms with Crippen molar-refractivity contribution < 1.29 is 18.9 Å². The number of benzene rings is 3. The van der Waals surface area contributed by atoms with Crippen LogP contribution >= 0.6 is 23.1 Å². The van der Waals surface area contributed by atoms with Crippen LogP contribution in [-0.4, -0.2) is 103 Å². The van der Waals surface area contributed by atoms with Crippen LogP contribution in [0.4, 0.5) is 34.5 Å². The lowest BCUT2D eigenvalue weighted by atomic mass is 9.90. The average Bonchev–Trinajstić information content (AvgIpc) is 3.25. The minimum Gasteiger partial charge on any atom is -0.494 e. The van der Waals surface area contributed by atoms with Crippen molar-refractivity contribution in [3.05, 3.63) is 82.7 Å². The maximum atomic E-state index is 13.5. The molecule has 5 aromatic rings. The van der Waals surface area contributed by atoms with Crippen molar-refractivity contribution >= 4 is 85.7 Å². The van der Waals surface area contributed by atoms with Gasteiger partial charge >= 0.3 is 0 Å². The minimum absolute atomic E-state index is 0.179. The zero-order valence-electron chi connectivity index (χ0n) is 35.4. The second kappa shape index (κ2) is 18.1. The third-order valence-corrected chi connectivity index (χ3v) is 14.5. The molecule has 3 fully saturated rings. The number of methoxy groups -OCH3 is 1. The van der Waals surface area contributed by atoms with E-state index in [-0.39, 0.29) is 17.7 Å². The molecule has 1 atom stereocenters. The molecule has 0 bridgehead atoms. The van der Waals surface area contributed by atoms with Crippen LogP contribution in [0.3, 0.4) is 0 Å². The molecule has 14 nitrogen and oxygen atoms in total. The standard InChI is InChI=1S/C45H54BrN10O4P/c1-28-24-37(51-45-49-26-34(46)43(53-45)50-36-12-11-35-41(48-19-18-47-35)42(36)61(4,5)59)39(60-3)25-38(28)56-22-16-31(17-23-56)54(2)27-29-14-20-55(21-15-29)32-8-6-30(7-9-32)33-10-13-40(57)52-44(33)58/h6-9,11-12,18-19,24-26,29,31,33H,10,13-17,20-23,27H2,1-5H3,(H,52,57,58)(H2,49,50,51,53). The van der Waals surface area contributed by atoms with Crippen LogP contribution in [0.5, 0.6) is 5.75 Å². The number of nitrogens with zero attached hydrogens (tertiary/aromatic N) is 7. The van der Waals surface area contributed by atoms with Gasteiger partial charge in [0.25, 0.3) is 0 Å². The van der Waals surface area contributed by atoms with Gasteiger partial charge in [-0.05, 0) is 123 Å². The van der Waals surface area contributed by atoms with E-state index in [1.807, 2.05) is 12.1 Å². The number of rotatable bonds is 12. The highest BCUT2D eigenvalue weighted by molar-refractivity contribution is 9.10. The van der Waals surface area contributed by atoms with Crippen LogP contribution in [0.15, 0.2) is 71.6 Å². The molecule has 0 radical (unpaired) electrons. The summed E-state index contributed by atoms with van der Waals surface area (Å²) in [6, 6.07) is 16.8. The molecule has 3 aromatic carbocycles. The second-order valence-electron chi connectivity index (χ2n) is 16.9. The molecule has 0 aliphatic carbocycles. The molecular formula is C45H54BrN10O4P. The van der Waals surface area contributed by atoms with E-state index in [9.17, 15) is 14.2 Å². The van der Waals surface area contributed by atoms with Crippen LogP contribution in [0, 0.1) is 12.8 Å². The van der Waals surface area contributed by atoms with E-state index in [4.69, 9.17) is 9.72 Å². The summed E-state index contributed by atoms with van der Waals surface area (Å²) in [6.07, 6.45) is 10.4. The van der Waals surface area contributed by atoms with Crippen molar-refractivity contribution in [3.63, 3.8) is 0 Å². The van der Waals surface area contributed by atoms with Crippen LogP contribution in [0.1, 0.15) is 55.6 Å². The van der Waals surface area contributed by atoms with Crippen molar-refractivity contribution in [1.29, 1.82) is 0 Å². The average molecular weight is 910 g/mol. The Bertz CT molecular complexity index is 2470. The number of halogens is 1. The maximum absolute atomic E-state index is 13.5. The van der Waals surface area contributed by atoms with Crippen molar-refractivity contribution in [2.75, 3.05) is 80.6 Å². The Hall–Kier alpha value is -5.11. The molecule has 1 unspecified atom stereocenters. The second-order valence-corrected chi connectivity index (χ2v) is 20.9. The Morgan fingerprint density at radius 3 is 2.33 bits per heavy atom. The first-order valence-corrected chi connectivity index (χ1v) is 24.4. The normalized spacial score (nSPS) is 18.1. The topological polar surface area (TPSA) is 158 Å². The number of fused-ring (bicyclic) bond motifs is 1. The van der Waals surface area contributed by atoms with Gasteiger partial charge < -0.3 is 34.6 Å². The highest BCUT2D eigenvalue weighted by Gasteiger charge is 2.30. The number of carbonyl (C=O) groups is 2. The first kappa shape index (κ1) is 42.6. The fraction of sp³-hybridized carbons (Fsp3) is 0.422. The molecule has 320 valence electrons. The number of imide groups is 1. The van der Waals surface area contributed by atoms with Gasteiger partial charge in [-0.1, -0.05) is 12.1 Å². The van der Waals surface area contributed by atoms with Gasteiger partial charge in [-0.2, -0.15) is 4.98 Å². The third-order valence-electron chi connectivity index (χ3n) is 12.4. The number of hydrogen-bond donors (Lipinski definition) is 3. The number of carbonyl (C=O) groups excluding carboxylic acids is 2. The Morgan fingerprint density at radius 2 is 1.62 bits per heavy atom. The monoisotopic (exact) mass is 908 g/mol. The Kier molecular flexibility index (Phi) is 12.6. The highest BCUT2D eigenvalue weighted by atomic mass is 79.9. The van der Waals surface area contributed by atoms with Crippen molar-refractivity contribution in [1.82, 2.24) is 30.2 Å². The lowest BCUT2D eigenvalue weighted by Gasteiger charge is -2.41. The van der Waals surface area contributed by atoms with Crippen molar-refractivity contribution in [3.8, 4) is 5.75 Å². The number of piperidine rings is 3. The van der Waals surface area contributed by atoms with E-state index in [2.05, 4.69) is 112 Å². The molecule has 0 spiro atoms. The lowest BCUT2D eigenvalue weighted by molar-refractivity contribution is -0.134. The van der Waals surface area contributed by atoms with Crippen molar-refractivity contribution in [2.24, 2.45) is 5.92 Å². The number of aryl methyl sites for hydroxylation is 1. The molecule has 5 heterocycles. The molecule has 3 aliphatic heterocycles. The zero-order valence-corrected chi connectivity index (χ0v) is 37.9. The minimum atomic E-state index is -2.76. The van der Waals surface area contributed by atoms with Gasteiger partial charge in [0.05, 0.1) is 39.7 Å². The van der Waals surface area contributed by atoms with Crippen LogP contribution < -0.4 is 35.8 Å². The summed E-state index contributed by atoms with van der Waals surface area (Å²) in [6.45, 7) is 10.7. The van der Waals surface area contributed by atoms with Crippen LogP contribution in [0.25, 0.3) is 11.0 Å². The van der Waals surface area contributed by atoms with Gasteiger partial charge in [0.1, 0.15) is 24.2 Å². The molecule has 0 saturated carbocycles. The van der Waals surface area contributed by atoms with Crippen LogP contribution in [0.2, 0.25) is 0 Å². The predicted molar refractivity (Wildman–Crippen MR) is 247 cm³/mol. The van der Waals surface area contributed by atoms with Gasteiger partial charge in [0.2, 0.25) is 17.8 Å². The molecular weight excluding hydrogens is 855 g/mol. The summed E-state index contributed by atoms with van der Waals surface area (Å²) in [5.41, 5.74) is 7.16. The first-order chi connectivity index (χ1) is 29.3. The van der Waals surface area contributed by atoms with Gasteiger partial charge in [0, 0.05) is 81.2 Å². The van der Waals surface area contributed by atoms with Gasteiger partial charge in [-0.15, -0.1) is 0 Å². The largest absolute Gasteiger partial charge is 0.494 e. The maximum Gasteiger partial charge on any atom is 0.234 e. The van der Waals surface area contributed by atoms with E-state index in [0.717, 1.165) is 80.9 Å². The quantitative estimate of drug-likeness (QED) is 0.0833. The number of hydrogen-bond acceptors (Lipinski definition) is 13. The van der Waals surface area contributed by atoms with E-state index in [1.165, 1.54) is 5.69 Å². The van der Waals surface area contributed by atoms with Gasteiger partial charge in [-0.25, -0.2) is 4.98 Å². The summed E-state index contributed by atoms with van der Waals surface area (Å²) in [5, 5.41) is 9.84. The fourth-order valence-electron chi connectivity index (χ4n) is 9.12. The SMILES string of the molecule is COc1cc(N2CCC(N(C)CC3CCN(c4ccc(C5CCC(=O)NC5=O)cc4)CC3)CC2)c(C)cc1Nc1ncc(Br)c(Nc2ccc3nccnc3c2P(C)(C)=O)n1. The number of ether oxygens (including phenoxy) is 1. The molecule has 3 saturated heterocycles. The molecule has 61 heavy (non-hydrogen) atoms. The van der Waals surface area contributed by atoms with E-state index in [1.54, 1.807) is 39.0 Å². The molecule has 8 rings (SSSR count). The fourth-order valence-corrected chi connectivity index (χ4v) is 10.8. The Balaban J connectivity index is 0.854. The van der Waals surface area contributed by atoms with E-state index >= 15 is 0 Å². The summed E-state index contributed by atoms with van der Waals surface area (Å²) in [7, 11) is 1.21. The summed E-state index contributed by atoms with van der Waals surface area (Å²) in [5.74, 6) is 1.64. The third kappa shape index (κ3) is 9.54. The van der Waals surface area contributed by atoms with Crippen molar-refractivity contribution in [2.45, 2.75) is 57.4 Å². The number of amides is 2.